The molecule has 0 aliphatic heterocycles. The average Bonchev–Trinajstić information content (AvgIpc) is 2.83. The van der Waals surface area contributed by atoms with Gasteiger partial charge in [0.25, 0.3) is 0 Å². The lowest BCUT2D eigenvalue weighted by Gasteiger charge is -2.07. The predicted molar refractivity (Wildman–Crippen MR) is 77.8 cm³/mol. The molecule has 0 aromatic carbocycles. The van der Waals surface area contributed by atoms with Crippen LogP contribution in [0.2, 0.25) is 0 Å². The highest BCUT2D eigenvalue weighted by atomic mass is 32.1. The van der Waals surface area contributed by atoms with Crippen LogP contribution in [0, 0.1) is 6.92 Å². The second-order valence-electron chi connectivity index (χ2n) is 4.05. The second-order valence-corrected chi connectivity index (χ2v) is 5.34. The van der Waals surface area contributed by atoms with E-state index in [9.17, 15) is 0 Å². The Morgan fingerprint density at radius 2 is 2.05 bits per heavy atom. The average molecular weight is 278 g/mol. The van der Waals surface area contributed by atoms with Crippen LogP contribution in [0.1, 0.15) is 25.1 Å². The Hall–Kier alpha value is -1.69. The van der Waals surface area contributed by atoms with E-state index in [2.05, 4.69) is 40.2 Å². The van der Waals surface area contributed by atoms with Gasteiger partial charge in [0, 0.05) is 11.4 Å². The Morgan fingerprint density at radius 3 is 2.68 bits per heavy atom. The Kier molecular flexibility index (Phi) is 4.68. The van der Waals surface area contributed by atoms with Gasteiger partial charge in [-0.2, -0.15) is 15.0 Å². The molecule has 5 nitrogen and oxygen atoms in total. The smallest absolute Gasteiger partial charge is 0.321 e. The number of anilines is 1. The van der Waals surface area contributed by atoms with Crippen molar-refractivity contribution in [1.82, 2.24) is 15.0 Å². The largest absolute Gasteiger partial charge is 0.463 e. The number of hydrogen-bond donors (Lipinski definition) is 1. The first-order valence-corrected chi connectivity index (χ1v) is 7.24. The van der Waals surface area contributed by atoms with E-state index in [4.69, 9.17) is 4.74 Å². The van der Waals surface area contributed by atoms with Gasteiger partial charge in [0.2, 0.25) is 5.95 Å². The molecule has 102 valence electrons. The molecule has 0 saturated heterocycles. The number of aromatic nitrogens is 3. The molecule has 0 aliphatic carbocycles. The molecule has 6 heteroatoms. The minimum Gasteiger partial charge on any atom is -0.463 e. The van der Waals surface area contributed by atoms with Crippen molar-refractivity contribution in [2.75, 3.05) is 18.5 Å². The molecule has 2 rings (SSSR count). The summed E-state index contributed by atoms with van der Waals surface area (Å²) in [6.07, 6.45) is 0.926. The van der Waals surface area contributed by atoms with Crippen LogP contribution >= 0.6 is 11.3 Å². The van der Waals surface area contributed by atoms with Crippen molar-refractivity contribution in [1.29, 1.82) is 0 Å². The van der Waals surface area contributed by atoms with Crippen LogP contribution in [0.25, 0.3) is 10.7 Å². The highest BCUT2D eigenvalue weighted by Gasteiger charge is 2.10. The summed E-state index contributed by atoms with van der Waals surface area (Å²) in [6.45, 7) is 7.49. The zero-order valence-electron chi connectivity index (χ0n) is 11.4. The number of hydrogen-bond acceptors (Lipinski definition) is 6. The van der Waals surface area contributed by atoms with Crippen molar-refractivity contribution >= 4 is 17.3 Å². The maximum Gasteiger partial charge on any atom is 0.321 e. The molecule has 0 spiro atoms. The maximum atomic E-state index is 5.51. The molecular formula is C13H18N4OS. The monoisotopic (exact) mass is 278 g/mol. The highest BCUT2D eigenvalue weighted by molar-refractivity contribution is 7.15. The molecular weight excluding hydrogens is 260 g/mol. The first-order valence-electron chi connectivity index (χ1n) is 6.42. The van der Waals surface area contributed by atoms with Crippen molar-refractivity contribution in [3.63, 3.8) is 0 Å². The molecule has 0 aliphatic rings. The van der Waals surface area contributed by atoms with Gasteiger partial charge in [0.1, 0.15) is 0 Å². The van der Waals surface area contributed by atoms with Gasteiger partial charge in [-0.25, -0.2) is 0 Å². The third-order valence-corrected chi connectivity index (χ3v) is 3.34. The SMILES string of the molecule is CCCOc1nc(NCC)nc(-c2ccc(C)s2)n1. The van der Waals surface area contributed by atoms with Crippen molar-refractivity contribution in [3.8, 4) is 16.7 Å². The summed E-state index contributed by atoms with van der Waals surface area (Å²) >= 11 is 1.66. The van der Waals surface area contributed by atoms with E-state index in [-0.39, 0.29) is 0 Å². The lowest BCUT2D eigenvalue weighted by Crippen LogP contribution is -2.07. The molecule has 0 bridgehead atoms. The van der Waals surface area contributed by atoms with Crippen molar-refractivity contribution < 1.29 is 4.74 Å². The fourth-order valence-electron chi connectivity index (χ4n) is 1.52. The number of aryl methyl sites for hydroxylation is 1. The van der Waals surface area contributed by atoms with Crippen molar-refractivity contribution in [2.45, 2.75) is 27.2 Å². The van der Waals surface area contributed by atoms with Gasteiger partial charge in [0.05, 0.1) is 11.5 Å². The molecule has 0 radical (unpaired) electrons. The Labute approximate surface area is 117 Å². The summed E-state index contributed by atoms with van der Waals surface area (Å²) in [5, 5.41) is 3.10. The highest BCUT2D eigenvalue weighted by Crippen LogP contribution is 2.26. The second kappa shape index (κ2) is 6.47. The van der Waals surface area contributed by atoms with Gasteiger partial charge in [-0.15, -0.1) is 11.3 Å². The minimum absolute atomic E-state index is 0.383. The Balaban J connectivity index is 2.33. The number of rotatable bonds is 6. The Bertz CT molecular complexity index is 541. The summed E-state index contributed by atoms with van der Waals surface area (Å²) in [7, 11) is 0. The van der Waals surface area contributed by atoms with E-state index in [1.165, 1.54) is 4.88 Å². The number of nitrogens with one attached hydrogen (secondary N) is 1. The molecule has 0 amide bonds. The fourth-order valence-corrected chi connectivity index (χ4v) is 2.32. The van der Waals surface area contributed by atoms with E-state index in [0.717, 1.165) is 17.8 Å². The van der Waals surface area contributed by atoms with Crippen molar-refractivity contribution in [2.24, 2.45) is 0 Å². The van der Waals surface area contributed by atoms with E-state index < -0.39 is 0 Å². The molecule has 0 atom stereocenters. The van der Waals surface area contributed by atoms with E-state index >= 15 is 0 Å². The van der Waals surface area contributed by atoms with Gasteiger partial charge in [-0.05, 0) is 32.4 Å². The summed E-state index contributed by atoms with van der Waals surface area (Å²) in [4.78, 5) is 15.3. The first kappa shape index (κ1) is 13.7. The van der Waals surface area contributed by atoms with E-state index in [1.54, 1.807) is 11.3 Å². The quantitative estimate of drug-likeness (QED) is 0.879. The lowest BCUT2D eigenvalue weighted by atomic mass is 10.4. The van der Waals surface area contributed by atoms with Crippen LogP contribution in [-0.2, 0) is 0 Å². The summed E-state index contributed by atoms with van der Waals surface area (Å²) in [6, 6.07) is 4.46. The number of nitrogens with zero attached hydrogens (tertiary/aromatic N) is 3. The summed E-state index contributed by atoms with van der Waals surface area (Å²) in [5.74, 6) is 1.22. The topological polar surface area (TPSA) is 59.9 Å². The van der Waals surface area contributed by atoms with Gasteiger partial charge in [0.15, 0.2) is 5.82 Å². The molecule has 0 unspecified atom stereocenters. The van der Waals surface area contributed by atoms with Crippen LogP contribution in [0.4, 0.5) is 5.95 Å². The maximum absolute atomic E-state index is 5.51. The molecule has 0 fully saturated rings. The van der Waals surface area contributed by atoms with E-state index in [1.807, 2.05) is 13.0 Å². The fraction of sp³-hybridized carbons (Fsp3) is 0.462. The van der Waals surface area contributed by atoms with Gasteiger partial charge < -0.3 is 10.1 Å². The third-order valence-electron chi connectivity index (χ3n) is 2.35. The van der Waals surface area contributed by atoms with E-state index in [0.29, 0.717) is 24.4 Å². The zero-order chi connectivity index (χ0) is 13.7. The van der Waals surface area contributed by atoms with Crippen molar-refractivity contribution in [3.05, 3.63) is 17.0 Å². The minimum atomic E-state index is 0.383. The van der Waals surface area contributed by atoms with Gasteiger partial charge in [-0.1, -0.05) is 6.92 Å². The molecule has 0 saturated carbocycles. The van der Waals surface area contributed by atoms with Crippen LogP contribution in [-0.4, -0.2) is 28.1 Å². The molecule has 19 heavy (non-hydrogen) atoms. The van der Waals surface area contributed by atoms with Crippen LogP contribution in [0.3, 0.4) is 0 Å². The van der Waals surface area contributed by atoms with Crippen LogP contribution in [0.15, 0.2) is 12.1 Å². The standard InChI is InChI=1S/C13H18N4OS/c1-4-8-18-13-16-11(10-7-6-9(3)19-10)15-12(17-13)14-5-2/h6-7H,4-5,8H2,1-3H3,(H,14,15,16,17). The number of ether oxygens (including phenoxy) is 1. The molecule has 2 heterocycles. The molecule has 2 aromatic heterocycles. The van der Waals surface area contributed by atoms with Crippen LogP contribution < -0.4 is 10.1 Å². The lowest BCUT2D eigenvalue weighted by molar-refractivity contribution is 0.292. The van der Waals surface area contributed by atoms with Gasteiger partial charge in [-0.3, -0.25) is 0 Å². The summed E-state index contributed by atoms with van der Waals surface area (Å²) < 4.78 is 5.51. The number of thiophene rings is 1. The molecule has 2 aromatic rings. The predicted octanol–water partition coefficient (Wildman–Crippen LogP) is 3.13. The molecule has 1 N–H and O–H groups in total. The summed E-state index contributed by atoms with van der Waals surface area (Å²) in [5.41, 5.74) is 0. The first-order chi connectivity index (χ1) is 9.22. The Morgan fingerprint density at radius 1 is 1.21 bits per heavy atom. The van der Waals surface area contributed by atoms with Crippen LogP contribution in [0.5, 0.6) is 6.01 Å². The van der Waals surface area contributed by atoms with Gasteiger partial charge >= 0.3 is 6.01 Å². The zero-order valence-corrected chi connectivity index (χ0v) is 12.3. The third kappa shape index (κ3) is 3.64. The normalized spacial score (nSPS) is 10.5.